The molecule has 96 valence electrons. The molecule has 0 aliphatic heterocycles. The van der Waals surface area contributed by atoms with E-state index < -0.39 is 0 Å². The van der Waals surface area contributed by atoms with Gasteiger partial charge in [0.05, 0.1) is 0 Å². The predicted molar refractivity (Wildman–Crippen MR) is 105 cm³/mol. The molecule has 0 saturated carbocycles. The molecule has 0 atom stereocenters. The Bertz CT molecular complexity index is 173. The van der Waals surface area contributed by atoms with Gasteiger partial charge in [-0.05, 0) is 48.8 Å². The summed E-state index contributed by atoms with van der Waals surface area (Å²) >= 11 is 23.0. The third-order valence-electron chi connectivity index (χ3n) is 1.23. The molecule has 0 bridgehead atoms. The Hall–Kier alpha value is 2.66. The second-order valence-corrected chi connectivity index (χ2v) is 8.42. The second-order valence-electron chi connectivity index (χ2n) is 2.61. The number of hydrogen-bond acceptors (Lipinski definition) is 6. The summed E-state index contributed by atoms with van der Waals surface area (Å²) in [6, 6.07) is 2.77. The molecule has 0 saturated heterocycles. The monoisotopic (exact) mass is 386 g/mol. The van der Waals surface area contributed by atoms with Crippen LogP contribution >= 0.6 is 61.0 Å². The van der Waals surface area contributed by atoms with Gasteiger partial charge in [-0.25, -0.2) is 0 Å². The van der Waals surface area contributed by atoms with E-state index in [-0.39, 0.29) is 29.6 Å². The topological polar surface area (TPSA) is 0 Å². The number of thiol groups is 1. The van der Waals surface area contributed by atoms with Crippen LogP contribution in [0.3, 0.4) is 0 Å². The van der Waals surface area contributed by atoms with Crippen LogP contribution in [0.4, 0.5) is 0 Å². The molecular weight excluding hydrogens is 368 g/mol. The SMILES string of the molecule is S=C=S.[Na+].[SiH3]CCCS.[SiH3]CCCSC(=S)[S-]. The molecule has 0 nitrogen and oxygen atoms in total. The Labute approximate surface area is 166 Å². The fourth-order valence-electron chi connectivity index (χ4n) is 0.458. The van der Waals surface area contributed by atoms with Crippen molar-refractivity contribution in [2.24, 2.45) is 0 Å². The normalized spacial score (nSPS) is 7.59. The maximum absolute atomic E-state index is 4.70. The Morgan fingerprint density at radius 2 is 1.65 bits per heavy atom. The van der Waals surface area contributed by atoms with Gasteiger partial charge in [-0.3, -0.25) is 0 Å². The fraction of sp³-hybridized carbons (Fsp3) is 0.750. The zero-order valence-corrected chi connectivity index (χ0v) is 21.7. The van der Waals surface area contributed by atoms with E-state index in [0.717, 1.165) is 11.5 Å². The van der Waals surface area contributed by atoms with Gasteiger partial charge in [0.1, 0.15) is 0 Å². The van der Waals surface area contributed by atoms with Crippen molar-refractivity contribution in [2.45, 2.75) is 24.9 Å². The third-order valence-corrected chi connectivity index (χ3v) is 4.40. The van der Waals surface area contributed by atoms with E-state index in [2.05, 4.69) is 37.1 Å². The summed E-state index contributed by atoms with van der Waals surface area (Å²) in [4.78, 5) is 0. The average Bonchev–Trinajstić information content (AvgIpc) is 2.21. The summed E-state index contributed by atoms with van der Waals surface area (Å²) in [5.41, 5.74) is 0. The smallest absolute Gasteiger partial charge is 0.422 e. The molecule has 0 radical (unpaired) electrons. The first kappa shape index (κ1) is 27.9. The van der Waals surface area contributed by atoms with Crippen molar-refractivity contribution in [1.29, 1.82) is 0 Å². The van der Waals surface area contributed by atoms with Crippen LogP contribution in [0.25, 0.3) is 0 Å². The van der Waals surface area contributed by atoms with Crippen molar-refractivity contribution in [3.63, 3.8) is 0 Å². The quantitative estimate of drug-likeness (QED) is 0.207. The fourth-order valence-corrected chi connectivity index (χ4v) is 3.69. The summed E-state index contributed by atoms with van der Waals surface area (Å²) in [6.07, 6.45) is 2.60. The Balaban J connectivity index is -0.0000000815. The summed E-state index contributed by atoms with van der Waals surface area (Å²) in [7, 11) is 2.66. The van der Waals surface area contributed by atoms with Crippen molar-refractivity contribution >= 4 is 102 Å². The molecule has 0 amide bonds. The van der Waals surface area contributed by atoms with Crippen LogP contribution in [0.2, 0.25) is 12.1 Å². The number of rotatable bonds is 5. The number of thioether (sulfide) groups is 1. The van der Waals surface area contributed by atoms with Crippen molar-refractivity contribution in [3.05, 3.63) is 0 Å². The van der Waals surface area contributed by atoms with Gasteiger partial charge in [0.15, 0.2) is 0 Å². The van der Waals surface area contributed by atoms with E-state index in [1.807, 2.05) is 4.31 Å². The molecule has 0 N–H and O–H groups in total. The molecular formula is C8H19NaS6Si2. The molecule has 9 heteroatoms. The van der Waals surface area contributed by atoms with Crippen molar-refractivity contribution < 1.29 is 29.6 Å². The van der Waals surface area contributed by atoms with Crippen LogP contribution < -0.4 is 29.6 Å². The summed E-state index contributed by atoms with van der Waals surface area (Å²) in [5.74, 6) is 2.20. The van der Waals surface area contributed by atoms with Crippen LogP contribution in [0, 0.1) is 0 Å². The average molecular weight is 387 g/mol. The van der Waals surface area contributed by atoms with E-state index in [9.17, 15) is 0 Å². The summed E-state index contributed by atoms with van der Waals surface area (Å²) in [6.45, 7) is 0. The molecule has 17 heavy (non-hydrogen) atoms. The van der Waals surface area contributed by atoms with E-state index >= 15 is 0 Å². The van der Waals surface area contributed by atoms with E-state index in [1.54, 1.807) is 11.8 Å². The molecule has 0 rings (SSSR count). The van der Waals surface area contributed by atoms with E-state index in [0.29, 0.717) is 3.53 Å². The van der Waals surface area contributed by atoms with Crippen molar-refractivity contribution in [2.75, 3.05) is 11.5 Å². The standard InChI is InChI=1S/C4H10S3Si.C3H10SSi.CS2.Na/c5-4(6)7-2-1-3-8;4-2-1-3-5;2-1-3;/h1-3H2,8H3,(H,5,6);4H,1-3H2,5H3;;/q;;;+1/p-1. The molecule has 0 aliphatic carbocycles. The molecule has 0 spiro atoms. The first-order valence-electron chi connectivity index (χ1n) is 5.04. The molecule has 0 aromatic carbocycles. The largest absolute Gasteiger partial charge is 1.00 e. The number of thiocarbonyl (C=S) groups is 3. The molecule has 0 fully saturated rings. The molecule has 0 heterocycles. The zero-order chi connectivity index (χ0) is 13.2. The molecule has 0 aliphatic rings. The molecule has 0 aromatic rings. The Morgan fingerprint density at radius 1 is 1.24 bits per heavy atom. The molecule has 0 unspecified atom stereocenters. The van der Waals surface area contributed by atoms with Crippen molar-refractivity contribution in [1.82, 2.24) is 0 Å². The van der Waals surface area contributed by atoms with Gasteiger partial charge in [0, 0.05) is 24.8 Å². The zero-order valence-electron chi connectivity index (χ0n) is 10.7. The second kappa shape index (κ2) is 31.2. The first-order valence-corrected chi connectivity index (χ1v) is 11.1. The van der Waals surface area contributed by atoms with E-state index in [1.165, 1.54) is 45.4 Å². The summed E-state index contributed by atoms with van der Waals surface area (Å²) in [5, 5.41) is 0. The van der Waals surface area contributed by atoms with E-state index in [4.69, 9.17) is 24.8 Å². The minimum Gasteiger partial charge on any atom is -0.422 e. The van der Waals surface area contributed by atoms with Crippen LogP contribution in [0.5, 0.6) is 0 Å². The van der Waals surface area contributed by atoms with Crippen LogP contribution in [0.1, 0.15) is 12.8 Å². The minimum atomic E-state index is 0. The van der Waals surface area contributed by atoms with Gasteiger partial charge in [-0.2, -0.15) is 12.6 Å². The van der Waals surface area contributed by atoms with Gasteiger partial charge in [-0.15, -0.1) is 11.8 Å². The van der Waals surface area contributed by atoms with Crippen LogP contribution in [0.15, 0.2) is 0 Å². The number of hydrogen-bond donors (Lipinski definition) is 1. The third kappa shape index (κ3) is 55.5. The minimum absolute atomic E-state index is 0. The van der Waals surface area contributed by atoms with Crippen LogP contribution in [-0.2, 0) is 12.6 Å². The maximum Gasteiger partial charge on any atom is 1.00 e. The molecule has 0 aromatic heterocycles. The first-order chi connectivity index (χ1) is 7.60. The van der Waals surface area contributed by atoms with Gasteiger partial charge in [0.25, 0.3) is 0 Å². The van der Waals surface area contributed by atoms with Crippen LogP contribution in [-0.4, -0.2) is 39.8 Å². The maximum atomic E-state index is 4.70. The van der Waals surface area contributed by atoms with Gasteiger partial charge >= 0.3 is 29.6 Å². The van der Waals surface area contributed by atoms with Gasteiger partial charge < -0.3 is 24.8 Å². The van der Waals surface area contributed by atoms with Gasteiger partial charge in [0.2, 0.25) is 0 Å². The van der Waals surface area contributed by atoms with Gasteiger partial charge in [-0.1, -0.05) is 15.6 Å². The Kier molecular flexibility index (Phi) is 51.2. The predicted octanol–water partition coefficient (Wildman–Crippen LogP) is -1.16. The summed E-state index contributed by atoms with van der Waals surface area (Å²) < 4.78 is 2.58. The Morgan fingerprint density at radius 3 is 1.82 bits per heavy atom. The van der Waals surface area contributed by atoms with Crippen molar-refractivity contribution in [3.8, 4) is 0 Å².